The first-order valence-corrected chi connectivity index (χ1v) is 5.07. The molecule has 2 nitrogen and oxygen atoms in total. The number of benzene rings is 1. The summed E-state index contributed by atoms with van der Waals surface area (Å²) in [7, 11) is 1.62. The van der Waals surface area contributed by atoms with Gasteiger partial charge in [-0.3, -0.25) is 4.79 Å². The normalized spacial score (nSPS) is 9.93. The van der Waals surface area contributed by atoms with Gasteiger partial charge in [0, 0.05) is 17.6 Å². The van der Waals surface area contributed by atoms with E-state index in [4.69, 9.17) is 11.6 Å². The van der Waals surface area contributed by atoms with Gasteiger partial charge in [0.1, 0.15) is 0 Å². The molecule has 76 valence electrons. The minimum absolute atomic E-state index is 0.0732. The minimum atomic E-state index is -0.0732. The van der Waals surface area contributed by atoms with Crippen LogP contribution in [0.1, 0.15) is 29.3 Å². The Labute approximate surface area is 89.3 Å². The lowest BCUT2D eigenvalue weighted by Gasteiger charge is -2.07. The summed E-state index contributed by atoms with van der Waals surface area (Å²) in [6, 6.07) is 5.45. The van der Waals surface area contributed by atoms with Crippen molar-refractivity contribution in [1.82, 2.24) is 5.32 Å². The zero-order valence-corrected chi connectivity index (χ0v) is 9.19. The first-order valence-electron chi connectivity index (χ1n) is 4.69. The van der Waals surface area contributed by atoms with Crippen LogP contribution in [0.2, 0.25) is 5.02 Å². The van der Waals surface area contributed by atoms with Crippen molar-refractivity contribution in [2.24, 2.45) is 0 Å². The van der Waals surface area contributed by atoms with Crippen LogP contribution in [0.4, 0.5) is 0 Å². The van der Waals surface area contributed by atoms with Gasteiger partial charge in [0.05, 0.1) is 0 Å². The molecule has 0 saturated carbocycles. The van der Waals surface area contributed by atoms with Crippen molar-refractivity contribution in [3.8, 4) is 0 Å². The van der Waals surface area contributed by atoms with Crippen LogP contribution in [0.5, 0.6) is 0 Å². The highest BCUT2D eigenvalue weighted by molar-refractivity contribution is 6.31. The summed E-state index contributed by atoms with van der Waals surface area (Å²) in [5.41, 5.74) is 1.73. The van der Waals surface area contributed by atoms with Gasteiger partial charge in [0.15, 0.2) is 0 Å². The van der Waals surface area contributed by atoms with Crippen molar-refractivity contribution in [1.29, 1.82) is 0 Å². The number of carbonyl (C=O) groups is 1. The van der Waals surface area contributed by atoms with E-state index in [-0.39, 0.29) is 5.91 Å². The second-order valence-corrected chi connectivity index (χ2v) is 3.57. The predicted octanol–water partition coefficient (Wildman–Crippen LogP) is 2.65. The van der Waals surface area contributed by atoms with Crippen molar-refractivity contribution in [3.63, 3.8) is 0 Å². The monoisotopic (exact) mass is 211 g/mol. The fourth-order valence-electron chi connectivity index (χ4n) is 1.38. The lowest BCUT2D eigenvalue weighted by atomic mass is 10.0. The van der Waals surface area contributed by atoms with Crippen LogP contribution in [0.25, 0.3) is 0 Å². The quantitative estimate of drug-likeness (QED) is 0.819. The Morgan fingerprint density at radius 1 is 1.50 bits per heavy atom. The molecule has 0 atom stereocenters. The van der Waals surface area contributed by atoms with Gasteiger partial charge in [-0.25, -0.2) is 0 Å². The van der Waals surface area contributed by atoms with E-state index in [0.29, 0.717) is 10.6 Å². The number of hydrogen-bond acceptors (Lipinski definition) is 1. The van der Waals surface area contributed by atoms with E-state index < -0.39 is 0 Å². The molecule has 1 N–H and O–H groups in total. The summed E-state index contributed by atoms with van der Waals surface area (Å²) < 4.78 is 0. The molecule has 1 rings (SSSR count). The Balaban J connectivity index is 3.08. The molecule has 0 bridgehead atoms. The summed E-state index contributed by atoms with van der Waals surface area (Å²) in [4.78, 5) is 11.5. The molecule has 1 aromatic carbocycles. The molecule has 0 radical (unpaired) electrons. The van der Waals surface area contributed by atoms with Gasteiger partial charge < -0.3 is 5.32 Å². The molecule has 0 aromatic heterocycles. The summed E-state index contributed by atoms with van der Waals surface area (Å²) >= 11 is 5.84. The van der Waals surface area contributed by atoms with Crippen LogP contribution in [-0.2, 0) is 6.42 Å². The molecule has 0 spiro atoms. The van der Waals surface area contributed by atoms with E-state index in [1.165, 1.54) is 0 Å². The number of amides is 1. The molecule has 3 heteroatoms. The fourth-order valence-corrected chi connectivity index (χ4v) is 1.55. The number of halogens is 1. The SMILES string of the molecule is CCCc1ccc(Cl)cc1C(=O)NC. The Bertz CT molecular complexity index is 336. The van der Waals surface area contributed by atoms with Crippen molar-refractivity contribution in [2.75, 3.05) is 7.05 Å². The zero-order valence-electron chi connectivity index (χ0n) is 8.43. The summed E-state index contributed by atoms with van der Waals surface area (Å²) in [5.74, 6) is -0.0732. The van der Waals surface area contributed by atoms with Gasteiger partial charge in [0.25, 0.3) is 5.91 Å². The maximum absolute atomic E-state index is 11.5. The smallest absolute Gasteiger partial charge is 0.251 e. The van der Waals surface area contributed by atoms with Gasteiger partial charge in [-0.15, -0.1) is 0 Å². The van der Waals surface area contributed by atoms with Crippen LogP contribution < -0.4 is 5.32 Å². The maximum Gasteiger partial charge on any atom is 0.251 e. The fraction of sp³-hybridized carbons (Fsp3) is 0.364. The molecule has 0 unspecified atom stereocenters. The first-order chi connectivity index (χ1) is 6.69. The topological polar surface area (TPSA) is 29.1 Å². The molecular formula is C11H14ClNO. The average molecular weight is 212 g/mol. The van der Waals surface area contributed by atoms with Crippen LogP contribution in [-0.4, -0.2) is 13.0 Å². The molecule has 0 saturated heterocycles. The zero-order chi connectivity index (χ0) is 10.6. The molecule has 0 aliphatic heterocycles. The summed E-state index contributed by atoms with van der Waals surface area (Å²) in [6.07, 6.45) is 1.92. The second kappa shape index (κ2) is 5.01. The van der Waals surface area contributed by atoms with E-state index >= 15 is 0 Å². The van der Waals surface area contributed by atoms with E-state index in [0.717, 1.165) is 18.4 Å². The minimum Gasteiger partial charge on any atom is -0.355 e. The Morgan fingerprint density at radius 2 is 2.21 bits per heavy atom. The number of carbonyl (C=O) groups excluding carboxylic acids is 1. The maximum atomic E-state index is 11.5. The Hall–Kier alpha value is -1.02. The Kier molecular flexibility index (Phi) is 3.96. The average Bonchev–Trinajstić information content (AvgIpc) is 2.20. The lowest BCUT2D eigenvalue weighted by Crippen LogP contribution is -2.19. The third kappa shape index (κ3) is 2.48. The van der Waals surface area contributed by atoms with E-state index in [2.05, 4.69) is 12.2 Å². The van der Waals surface area contributed by atoms with E-state index in [1.807, 2.05) is 12.1 Å². The van der Waals surface area contributed by atoms with Crippen LogP contribution in [0.3, 0.4) is 0 Å². The number of hydrogen-bond donors (Lipinski definition) is 1. The predicted molar refractivity (Wildman–Crippen MR) is 58.8 cm³/mol. The van der Waals surface area contributed by atoms with E-state index in [9.17, 15) is 4.79 Å². The molecule has 0 aliphatic rings. The van der Waals surface area contributed by atoms with E-state index in [1.54, 1.807) is 13.1 Å². The molecular weight excluding hydrogens is 198 g/mol. The number of rotatable bonds is 3. The largest absolute Gasteiger partial charge is 0.355 e. The molecule has 0 fully saturated rings. The first kappa shape index (κ1) is 11.1. The van der Waals surface area contributed by atoms with Crippen molar-refractivity contribution >= 4 is 17.5 Å². The Morgan fingerprint density at radius 3 is 2.79 bits per heavy atom. The molecule has 0 aliphatic carbocycles. The summed E-state index contributed by atoms with van der Waals surface area (Å²) in [5, 5.41) is 3.21. The van der Waals surface area contributed by atoms with Crippen LogP contribution in [0.15, 0.2) is 18.2 Å². The molecule has 1 aromatic rings. The highest BCUT2D eigenvalue weighted by Crippen LogP contribution is 2.17. The van der Waals surface area contributed by atoms with Crippen molar-refractivity contribution in [3.05, 3.63) is 34.3 Å². The van der Waals surface area contributed by atoms with Gasteiger partial charge in [-0.2, -0.15) is 0 Å². The van der Waals surface area contributed by atoms with Gasteiger partial charge in [0.2, 0.25) is 0 Å². The van der Waals surface area contributed by atoms with Crippen LogP contribution >= 0.6 is 11.6 Å². The third-order valence-corrected chi connectivity index (χ3v) is 2.30. The second-order valence-electron chi connectivity index (χ2n) is 3.13. The highest BCUT2D eigenvalue weighted by atomic mass is 35.5. The molecule has 0 heterocycles. The standard InChI is InChI=1S/C11H14ClNO/c1-3-4-8-5-6-9(12)7-10(8)11(14)13-2/h5-7H,3-4H2,1-2H3,(H,13,14). The van der Waals surface area contributed by atoms with Gasteiger partial charge in [-0.1, -0.05) is 31.0 Å². The van der Waals surface area contributed by atoms with Gasteiger partial charge in [-0.05, 0) is 24.1 Å². The van der Waals surface area contributed by atoms with Gasteiger partial charge >= 0.3 is 0 Å². The lowest BCUT2D eigenvalue weighted by molar-refractivity contribution is 0.0962. The third-order valence-electron chi connectivity index (χ3n) is 2.06. The number of aryl methyl sites for hydroxylation is 1. The van der Waals surface area contributed by atoms with Crippen molar-refractivity contribution < 1.29 is 4.79 Å². The molecule has 1 amide bonds. The molecule has 14 heavy (non-hydrogen) atoms. The summed E-state index contributed by atoms with van der Waals surface area (Å²) in [6.45, 7) is 2.09. The van der Waals surface area contributed by atoms with Crippen LogP contribution in [0, 0.1) is 0 Å². The van der Waals surface area contributed by atoms with Crippen molar-refractivity contribution in [2.45, 2.75) is 19.8 Å². The highest BCUT2D eigenvalue weighted by Gasteiger charge is 2.09. The number of nitrogens with one attached hydrogen (secondary N) is 1.